The van der Waals surface area contributed by atoms with Gasteiger partial charge < -0.3 is 28.8 Å². The molecule has 0 bridgehead atoms. The Morgan fingerprint density at radius 3 is 1.06 bits per heavy atom. The molecule has 8 nitrogen and oxygen atoms in total. The number of carbonyl (C=O) groups excluding carboxylic acids is 1. The van der Waals surface area contributed by atoms with Gasteiger partial charge in [0.25, 0.3) is 7.82 Å². The van der Waals surface area contributed by atoms with Gasteiger partial charge in [-0.1, -0.05) is 343 Å². The number of likely N-dealkylation sites (N-methyl/N-ethyl adjacent to an activating group) is 1. The van der Waals surface area contributed by atoms with Gasteiger partial charge in [0, 0.05) is 6.42 Å². The SMILES string of the molecule is CC/C=C\C/C=C\C/C=C\C/C=C\C/C=C\C/C=C\C/C=C\CCCCCCCCCCCC(=O)NC(COP(=O)([O-])OCC[N+](C)(C)C)C(O)CCCCCCCCCCCCCCCCCCCCCCCCCCCCCCCCC. The van der Waals surface area contributed by atoms with Gasteiger partial charge in [0.2, 0.25) is 5.91 Å². The molecular weight excluding hydrogens is 1060 g/mol. The standard InChI is InChI=1S/C75H139N2O6P/c1-6-8-10-12-14-16-18-20-22-24-26-28-30-32-34-36-38-40-42-44-46-48-50-52-54-56-58-60-62-64-66-68-74(78)73(72-83-84(80,81)82-71-70-77(3,4)5)76-75(79)69-67-65-63-61-59-57-55-53-51-49-47-45-43-41-39-37-35-33-31-29-27-25-23-21-19-17-15-13-11-9-7-2/h9,11,15,17,21,23,27,29,33,35,39,41,45,47,73-74,78H,6-8,10,12-14,16,18-20,22,24-26,28,30-32,34,36-38,40,42-44,46,48-72H2,1-5H3,(H-,76,79,80,81)/b11-9-,17-15-,23-21-,29-27-,35-33-,41-39-,47-45-. The van der Waals surface area contributed by atoms with Crippen molar-refractivity contribution in [3.8, 4) is 0 Å². The van der Waals surface area contributed by atoms with E-state index in [1.54, 1.807) is 0 Å². The zero-order chi connectivity index (χ0) is 61.2. The molecule has 84 heavy (non-hydrogen) atoms. The first-order chi connectivity index (χ1) is 41.0. The molecule has 0 rings (SSSR count). The number of rotatable bonds is 66. The van der Waals surface area contributed by atoms with Crippen LogP contribution < -0.4 is 10.2 Å². The van der Waals surface area contributed by atoms with Crippen molar-refractivity contribution >= 4 is 13.7 Å². The molecule has 0 aromatic rings. The Morgan fingerprint density at radius 2 is 0.726 bits per heavy atom. The van der Waals surface area contributed by atoms with E-state index in [1.807, 2.05) is 21.1 Å². The summed E-state index contributed by atoms with van der Waals surface area (Å²) < 4.78 is 23.5. The average Bonchev–Trinajstić information content (AvgIpc) is 3.56. The summed E-state index contributed by atoms with van der Waals surface area (Å²) >= 11 is 0. The molecule has 0 aromatic carbocycles. The summed E-state index contributed by atoms with van der Waals surface area (Å²) in [7, 11) is 1.30. The van der Waals surface area contributed by atoms with Gasteiger partial charge in [-0.25, -0.2) is 0 Å². The van der Waals surface area contributed by atoms with Gasteiger partial charge in [-0.05, 0) is 70.6 Å². The number of unbranched alkanes of at least 4 members (excludes halogenated alkanes) is 39. The van der Waals surface area contributed by atoms with Gasteiger partial charge in [0.05, 0.1) is 39.9 Å². The van der Waals surface area contributed by atoms with Crippen LogP contribution in [0.4, 0.5) is 0 Å². The fraction of sp³-hybridized carbons (Fsp3) is 0.800. The van der Waals surface area contributed by atoms with Crippen molar-refractivity contribution in [2.24, 2.45) is 0 Å². The first-order valence-electron chi connectivity index (χ1n) is 35.9. The molecule has 490 valence electrons. The summed E-state index contributed by atoms with van der Waals surface area (Å²) in [5.41, 5.74) is 0. The Balaban J connectivity index is 4.06. The number of nitrogens with one attached hydrogen (secondary N) is 1. The quantitative estimate of drug-likeness (QED) is 0.0272. The summed E-state index contributed by atoms with van der Waals surface area (Å²) in [6.07, 6.45) is 92.3. The van der Waals surface area contributed by atoms with Gasteiger partial charge in [-0.15, -0.1) is 0 Å². The van der Waals surface area contributed by atoms with Crippen molar-refractivity contribution in [2.75, 3.05) is 40.9 Å². The van der Waals surface area contributed by atoms with Crippen molar-refractivity contribution in [1.29, 1.82) is 0 Å². The van der Waals surface area contributed by atoms with Crippen LogP contribution in [0.2, 0.25) is 0 Å². The van der Waals surface area contributed by atoms with Crippen LogP contribution in [0.1, 0.15) is 335 Å². The second-order valence-electron chi connectivity index (χ2n) is 25.6. The van der Waals surface area contributed by atoms with Crippen molar-refractivity contribution < 1.29 is 32.9 Å². The molecule has 0 aliphatic heterocycles. The fourth-order valence-corrected chi connectivity index (χ4v) is 11.3. The summed E-state index contributed by atoms with van der Waals surface area (Å²) in [5.74, 6) is -0.170. The normalized spacial score (nSPS) is 14.1. The van der Waals surface area contributed by atoms with Crippen LogP contribution in [0.3, 0.4) is 0 Å². The lowest BCUT2D eigenvalue weighted by Crippen LogP contribution is -2.46. The zero-order valence-electron chi connectivity index (χ0n) is 56.1. The highest BCUT2D eigenvalue weighted by molar-refractivity contribution is 7.45. The second-order valence-corrected chi connectivity index (χ2v) is 27.0. The third kappa shape index (κ3) is 67.2. The molecular formula is C75H139N2O6P. The van der Waals surface area contributed by atoms with Gasteiger partial charge in [-0.3, -0.25) is 9.36 Å². The molecule has 1 amide bonds. The van der Waals surface area contributed by atoms with E-state index in [9.17, 15) is 19.4 Å². The van der Waals surface area contributed by atoms with Crippen LogP contribution >= 0.6 is 7.82 Å². The van der Waals surface area contributed by atoms with Gasteiger partial charge in [-0.2, -0.15) is 0 Å². The number of allylic oxidation sites excluding steroid dienone is 14. The first-order valence-corrected chi connectivity index (χ1v) is 37.4. The maximum Gasteiger partial charge on any atom is 0.268 e. The third-order valence-corrected chi connectivity index (χ3v) is 17.1. The molecule has 0 aliphatic carbocycles. The van der Waals surface area contributed by atoms with Gasteiger partial charge in [0.1, 0.15) is 13.2 Å². The molecule has 0 heterocycles. The van der Waals surface area contributed by atoms with Crippen molar-refractivity contribution in [3.63, 3.8) is 0 Å². The van der Waals surface area contributed by atoms with Crippen molar-refractivity contribution in [3.05, 3.63) is 85.1 Å². The van der Waals surface area contributed by atoms with Crippen LogP contribution in [-0.4, -0.2) is 68.5 Å². The van der Waals surface area contributed by atoms with E-state index in [1.165, 1.54) is 218 Å². The minimum absolute atomic E-state index is 0.00792. The number of aliphatic hydroxyl groups is 1. The number of hydrogen-bond acceptors (Lipinski definition) is 6. The molecule has 2 N–H and O–H groups in total. The zero-order valence-corrected chi connectivity index (χ0v) is 57.0. The smallest absolute Gasteiger partial charge is 0.268 e. The number of hydrogen-bond donors (Lipinski definition) is 2. The maximum absolute atomic E-state index is 13.1. The second kappa shape index (κ2) is 65.1. The van der Waals surface area contributed by atoms with E-state index in [4.69, 9.17) is 9.05 Å². The highest BCUT2D eigenvalue weighted by atomic mass is 31.2. The molecule has 0 aliphatic rings. The van der Waals surface area contributed by atoms with Gasteiger partial charge >= 0.3 is 0 Å². The van der Waals surface area contributed by atoms with E-state index in [0.29, 0.717) is 23.9 Å². The lowest BCUT2D eigenvalue weighted by atomic mass is 10.0. The topological polar surface area (TPSA) is 108 Å². The van der Waals surface area contributed by atoms with E-state index >= 15 is 0 Å². The Morgan fingerprint density at radius 1 is 0.429 bits per heavy atom. The lowest BCUT2D eigenvalue weighted by Gasteiger charge is -2.30. The number of amides is 1. The molecule has 0 saturated carbocycles. The molecule has 3 unspecified atom stereocenters. The third-order valence-electron chi connectivity index (χ3n) is 16.1. The van der Waals surface area contributed by atoms with E-state index in [0.717, 1.165) is 89.9 Å². The Hall–Kier alpha value is -2.32. The molecule has 0 spiro atoms. The maximum atomic E-state index is 13.1. The number of carbonyl (C=O) groups is 1. The number of aliphatic hydroxyl groups excluding tert-OH is 1. The first kappa shape index (κ1) is 81.7. The molecule has 0 fully saturated rings. The monoisotopic (exact) mass is 1200 g/mol. The molecule has 0 aromatic heterocycles. The minimum atomic E-state index is -4.59. The van der Waals surface area contributed by atoms with E-state index in [2.05, 4.69) is 104 Å². The van der Waals surface area contributed by atoms with E-state index in [-0.39, 0.29) is 19.1 Å². The van der Waals surface area contributed by atoms with Crippen molar-refractivity contribution in [2.45, 2.75) is 347 Å². The molecule has 9 heteroatoms. The van der Waals surface area contributed by atoms with Crippen molar-refractivity contribution in [1.82, 2.24) is 5.32 Å². The number of nitrogens with zero attached hydrogens (tertiary/aromatic N) is 1. The van der Waals surface area contributed by atoms with Crippen LogP contribution in [0, 0.1) is 0 Å². The minimum Gasteiger partial charge on any atom is -0.756 e. The van der Waals surface area contributed by atoms with Crippen LogP contribution in [0.25, 0.3) is 0 Å². The highest BCUT2D eigenvalue weighted by Crippen LogP contribution is 2.38. The largest absolute Gasteiger partial charge is 0.756 e. The molecule has 0 radical (unpaired) electrons. The Bertz CT molecular complexity index is 1650. The molecule has 0 saturated heterocycles. The highest BCUT2D eigenvalue weighted by Gasteiger charge is 2.24. The van der Waals surface area contributed by atoms with Gasteiger partial charge in [0.15, 0.2) is 0 Å². The van der Waals surface area contributed by atoms with Crippen LogP contribution in [0.5, 0.6) is 0 Å². The average molecular weight is 1200 g/mol. The van der Waals surface area contributed by atoms with Crippen LogP contribution in [0.15, 0.2) is 85.1 Å². The molecule has 3 atom stereocenters. The fourth-order valence-electron chi connectivity index (χ4n) is 10.6. The summed E-state index contributed by atoms with van der Waals surface area (Å²) in [5, 5.41) is 14.1. The number of phosphoric acid groups is 1. The van der Waals surface area contributed by atoms with Crippen LogP contribution in [-0.2, 0) is 18.4 Å². The predicted molar refractivity (Wildman–Crippen MR) is 367 cm³/mol. The summed E-state index contributed by atoms with van der Waals surface area (Å²) in [4.78, 5) is 25.7. The summed E-state index contributed by atoms with van der Waals surface area (Å²) in [6, 6.07) is -0.812. The van der Waals surface area contributed by atoms with E-state index < -0.39 is 20.0 Å². The lowest BCUT2D eigenvalue weighted by molar-refractivity contribution is -0.870. The summed E-state index contributed by atoms with van der Waals surface area (Å²) in [6.45, 7) is 4.64. The Kier molecular flexibility index (Phi) is 63.3. The Labute approximate surface area is 522 Å². The number of quaternary nitrogens is 1. The predicted octanol–water partition coefficient (Wildman–Crippen LogP) is 22.5. The number of phosphoric ester groups is 1.